The van der Waals surface area contributed by atoms with Gasteiger partial charge in [-0.2, -0.15) is 10.2 Å². The van der Waals surface area contributed by atoms with E-state index in [0.717, 1.165) is 41.9 Å². The van der Waals surface area contributed by atoms with E-state index < -0.39 is 0 Å². The number of nitrogens with one attached hydrogen (secondary N) is 1. The van der Waals surface area contributed by atoms with E-state index in [2.05, 4.69) is 59.3 Å². The maximum absolute atomic E-state index is 13.2. The van der Waals surface area contributed by atoms with Gasteiger partial charge in [0, 0.05) is 29.7 Å². The van der Waals surface area contributed by atoms with Gasteiger partial charge >= 0.3 is 5.97 Å². The van der Waals surface area contributed by atoms with Crippen LogP contribution in [0.15, 0.2) is 70.9 Å². The third kappa shape index (κ3) is 4.65. The van der Waals surface area contributed by atoms with E-state index in [4.69, 9.17) is 9.84 Å². The first kappa shape index (κ1) is 24.2. The minimum atomic E-state index is -0.201. The highest BCUT2D eigenvalue weighted by Gasteiger charge is 2.48. The van der Waals surface area contributed by atoms with Gasteiger partial charge in [-0.1, -0.05) is 68.0 Å². The molecule has 1 aliphatic carbocycles. The van der Waals surface area contributed by atoms with Gasteiger partial charge in [-0.05, 0) is 55.0 Å². The van der Waals surface area contributed by atoms with E-state index in [-0.39, 0.29) is 23.8 Å². The Kier molecular flexibility index (Phi) is 7.14. The number of H-pyrrole nitrogens is 1. The van der Waals surface area contributed by atoms with E-state index in [9.17, 15) is 4.79 Å². The largest absolute Gasteiger partial charge is 0.469 e. The first-order valence-corrected chi connectivity index (χ1v) is 12.8. The van der Waals surface area contributed by atoms with Gasteiger partial charge in [0.1, 0.15) is 0 Å². The van der Waals surface area contributed by atoms with Crippen molar-refractivity contribution in [3.8, 4) is 0 Å². The number of aromatic nitrogens is 1. The van der Waals surface area contributed by atoms with Gasteiger partial charge in [0.2, 0.25) is 0 Å². The summed E-state index contributed by atoms with van der Waals surface area (Å²) in [6.45, 7) is 3.18. The number of esters is 1. The van der Waals surface area contributed by atoms with Crippen LogP contribution in [0.25, 0.3) is 17.0 Å². The van der Waals surface area contributed by atoms with Crippen molar-refractivity contribution >= 4 is 34.9 Å². The summed E-state index contributed by atoms with van der Waals surface area (Å²) >= 11 is 0. The van der Waals surface area contributed by atoms with Crippen molar-refractivity contribution < 1.29 is 9.53 Å². The topological polar surface area (TPSA) is 70.0 Å². The molecule has 3 aromatic rings. The van der Waals surface area contributed by atoms with Gasteiger partial charge in [-0.3, -0.25) is 4.79 Å². The maximum Gasteiger partial charge on any atom is 0.310 e. The number of hydrogen-bond acceptors (Lipinski definition) is 5. The third-order valence-corrected chi connectivity index (χ3v) is 7.93. The molecule has 5 rings (SSSR count). The summed E-state index contributed by atoms with van der Waals surface area (Å²) in [7, 11) is 3.65. The number of rotatable bonds is 5. The highest BCUT2D eigenvalue weighted by atomic mass is 16.5. The summed E-state index contributed by atoms with van der Waals surface area (Å²) in [5.74, 6) is 0.213. The Morgan fingerprint density at radius 3 is 2.69 bits per heavy atom. The molecule has 2 aromatic carbocycles. The number of methoxy groups -OCH3 is 1. The molecule has 4 atom stereocenters. The van der Waals surface area contributed by atoms with E-state index >= 15 is 0 Å². The summed E-state index contributed by atoms with van der Waals surface area (Å²) in [5, 5.41) is 10.4. The van der Waals surface area contributed by atoms with Gasteiger partial charge in [-0.15, -0.1) is 0 Å². The van der Waals surface area contributed by atoms with Crippen LogP contribution in [0.5, 0.6) is 0 Å². The van der Waals surface area contributed by atoms with Crippen LogP contribution in [0.3, 0.4) is 0 Å². The second kappa shape index (κ2) is 10.6. The number of likely N-dealkylation sites (tertiary alicyclic amines) is 1. The van der Waals surface area contributed by atoms with Gasteiger partial charge in [0.25, 0.3) is 0 Å². The lowest BCUT2D eigenvalue weighted by molar-refractivity contribution is -0.154. The molecule has 1 aliphatic heterocycles. The van der Waals surface area contributed by atoms with Gasteiger partial charge < -0.3 is 14.6 Å². The fourth-order valence-electron chi connectivity index (χ4n) is 6.11. The van der Waals surface area contributed by atoms with Crippen LogP contribution in [-0.2, 0) is 16.0 Å². The second-order valence-corrected chi connectivity index (χ2v) is 9.90. The first-order chi connectivity index (χ1) is 17.6. The molecule has 2 heterocycles. The van der Waals surface area contributed by atoms with E-state index in [1.807, 2.05) is 36.4 Å². The van der Waals surface area contributed by atoms with Gasteiger partial charge in [0.05, 0.1) is 24.4 Å². The predicted molar refractivity (Wildman–Crippen MR) is 146 cm³/mol. The van der Waals surface area contributed by atoms with Crippen LogP contribution in [0.4, 0.5) is 0 Å². The SMILES string of the molecule is CC[C@H]1CN(C)[C@H]2Cc3c([nH]c4ccccc34)/C(=N/N=C\C=C\c3ccccc3)C[C@H]1[C@H]2C(=O)OC. The Labute approximate surface area is 212 Å². The predicted octanol–water partition coefficient (Wildman–Crippen LogP) is 5.35. The summed E-state index contributed by atoms with van der Waals surface area (Å²) in [4.78, 5) is 19.2. The number of aromatic amines is 1. The maximum atomic E-state index is 13.2. The number of benzene rings is 2. The summed E-state index contributed by atoms with van der Waals surface area (Å²) in [6.07, 6.45) is 8.10. The van der Waals surface area contributed by atoms with Crippen LogP contribution in [0, 0.1) is 17.8 Å². The van der Waals surface area contributed by atoms with Crippen LogP contribution in [0.1, 0.15) is 36.6 Å². The van der Waals surface area contributed by atoms with E-state index in [1.165, 1.54) is 18.1 Å². The molecule has 6 nitrogen and oxygen atoms in total. The number of fused-ring (bicyclic) bond motifs is 5. The fourth-order valence-corrected chi connectivity index (χ4v) is 6.11. The molecule has 186 valence electrons. The Morgan fingerprint density at radius 1 is 1.14 bits per heavy atom. The molecule has 2 aliphatic rings. The van der Waals surface area contributed by atoms with E-state index in [0.29, 0.717) is 12.3 Å². The van der Waals surface area contributed by atoms with Crippen molar-refractivity contribution in [3.05, 3.63) is 77.5 Å². The molecule has 0 saturated carbocycles. The standard InChI is InChI=1S/C30H34N4O2/c1-4-21-19-34(2)27-18-24-22-14-8-9-15-25(22)32-29(24)26(17-23(21)28(27)30(35)36-3)33-31-16-10-13-20-11-6-5-7-12-20/h5-16,21,23,27-28,32H,4,17-19H2,1-3H3/b13-10+,31-16-,33-26+/t21-,23+,27-,28+/m0/s1. The summed E-state index contributed by atoms with van der Waals surface area (Å²) < 4.78 is 5.36. The minimum Gasteiger partial charge on any atom is -0.469 e. The number of ether oxygens (including phenoxy) is 1. The van der Waals surface area contributed by atoms with Crippen molar-refractivity contribution in [1.82, 2.24) is 9.88 Å². The minimum absolute atomic E-state index is 0.0852. The summed E-state index contributed by atoms with van der Waals surface area (Å²) in [5.41, 5.74) is 5.36. The number of carbonyl (C=O) groups excluding carboxylic acids is 1. The van der Waals surface area contributed by atoms with Crippen LogP contribution in [-0.4, -0.2) is 54.5 Å². The van der Waals surface area contributed by atoms with Crippen LogP contribution < -0.4 is 0 Å². The van der Waals surface area contributed by atoms with Crippen molar-refractivity contribution in [1.29, 1.82) is 0 Å². The third-order valence-electron chi connectivity index (χ3n) is 7.93. The highest BCUT2D eigenvalue weighted by molar-refractivity contribution is 6.06. The number of hydrogen-bond donors (Lipinski definition) is 1. The number of para-hydroxylation sites is 1. The lowest BCUT2D eigenvalue weighted by Gasteiger charge is -2.48. The average molecular weight is 483 g/mol. The Bertz CT molecular complexity index is 1310. The normalized spacial score (nSPS) is 25.8. The fraction of sp³-hybridized carbons (Fsp3) is 0.367. The first-order valence-electron chi connectivity index (χ1n) is 12.8. The Balaban J connectivity index is 1.58. The molecular weight excluding hydrogens is 448 g/mol. The molecule has 6 heteroatoms. The van der Waals surface area contributed by atoms with Crippen LogP contribution >= 0.6 is 0 Å². The lowest BCUT2D eigenvalue weighted by atomic mass is 9.67. The lowest BCUT2D eigenvalue weighted by Crippen LogP contribution is -2.56. The van der Waals surface area contributed by atoms with Crippen molar-refractivity contribution in [2.45, 2.75) is 32.2 Å². The molecule has 1 N–H and O–H groups in total. The molecule has 1 saturated heterocycles. The van der Waals surface area contributed by atoms with Gasteiger partial charge in [0.15, 0.2) is 0 Å². The average Bonchev–Trinajstić information content (AvgIpc) is 3.26. The highest BCUT2D eigenvalue weighted by Crippen LogP contribution is 2.42. The Morgan fingerprint density at radius 2 is 1.92 bits per heavy atom. The number of piperidine rings is 1. The number of allylic oxidation sites excluding steroid dienone is 1. The van der Waals surface area contributed by atoms with Gasteiger partial charge in [-0.25, -0.2) is 0 Å². The van der Waals surface area contributed by atoms with E-state index in [1.54, 1.807) is 6.21 Å². The zero-order chi connectivity index (χ0) is 25.1. The molecule has 2 bridgehead atoms. The zero-order valence-electron chi connectivity index (χ0n) is 21.2. The number of nitrogens with zero attached hydrogens (tertiary/aromatic N) is 3. The zero-order valence-corrected chi connectivity index (χ0v) is 21.2. The Hall–Kier alpha value is -3.51. The monoisotopic (exact) mass is 482 g/mol. The molecule has 0 radical (unpaired) electrons. The molecule has 1 fully saturated rings. The quantitative estimate of drug-likeness (QED) is 0.303. The van der Waals surface area contributed by atoms with Crippen LogP contribution in [0.2, 0.25) is 0 Å². The summed E-state index contributed by atoms with van der Waals surface area (Å²) in [6, 6.07) is 18.6. The number of likely N-dealkylation sites (N-methyl/N-ethyl adjacent to an activating group) is 1. The smallest absolute Gasteiger partial charge is 0.310 e. The molecule has 0 spiro atoms. The molecule has 0 amide bonds. The van der Waals surface area contributed by atoms with Crippen molar-refractivity contribution in [2.75, 3.05) is 20.7 Å². The molecule has 0 unspecified atom stereocenters. The van der Waals surface area contributed by atoms with Crippen molar-refractivity contribution in [3.63, 3.8) is 0 Å². The van der Waals surface area contributed by atoms with Crippen molar-refractivity contribution in [2.24, 2.45) is 28.0 Å². The molecule has 36 heavy (non-hydrogen) atoms. The molecular formula is C30H34N4O2. The number of carbonyl (C=O) groups is 1. The molecule has 1 aromatic heterocycles. The second-order valence-electron chi connectivity index (χ2n) is 9.90.